The molecule has 1 saturated heterocycles. The highest BCUT2D eigenvalue weighted by molar-refractivity contribution is 4.98. The Morgan fingerprint density at radius 3 is 3.06 bits per heavy atom. The monoisotopic (exact) mass is 236 g/mol. The topological polar surface area (TPSA) is 54.2 Å². The number of aromatic nitrogens is 2. The van der Waals surface area contributed by atoms with E-state index >= 15 is 0 Å². The maximum atomic E-state index is 5.04. The van der Waals surface area contributed by atoms with Crippen LogP contribution in [-0.4, -0.2) is 46.8 Å². The lowest BCUT2D eigenvalue weighted by molar-refractivity contribution is 0.133. The molecule has 2 fully saturated rings. The average Bonchev–Trinajstić information content (AvgIpc) is 2.99. The minimum Gasteiger partial charge on any atom is -0.340 e. The lowest BCUT2D eigenvalue weighted by Gasteiger charge is -2.41. The normalized spacial score (nSPS) is 24.5. The summed E-state index contributed by atoms with van der Waals surface area (Å²) in [4.78, 5) is 6.60. The summed E-state index contributed by atoms with van der Waals surface area (Å²) < 4.78 is 5.04. The standard InChI is InChI=1S/C12H20N4O/c1-2-5-12(4-1)9-16(8-6-14-12)7-3-11-13-10-15-17-11/h10,14H,1-9H2. The van der Waals surface area contributed by atoms with Crippen molar-refractivity contribution < 1.29 is 4.52 Å². The van der Waals surface area contributed by atoms with Crippen LogP contribution in [-0.2, 0) is 6.42 Å². The van der Waals surface area contributed by atoms with Gasteiger partial charge in [0, 0.05) is 38.1 Å². The van der Waals surface area contributed by atoms with Crippen molar-refractivity contribution in [3.63, 3.8) is 0 Å². The highest BCUT2D eigenvalue weighted by Gasteiger charge is 2.37. The van der Waals surface area contributed by atoms with Crippen LogP contribution in [0.5, 0.6) is 0 Å². The van der Waals surface area contributed by atoms with Crippen LogP contribution in [0, 0.1) is 0 Å². The minimum atomic E-state index is 0.410. The Balaban J connectivity index is 1.53. The molecule has 1 spiro atoms. The molecule has 2 aliphatic rings. The summed E-state index contributed by atoms with van der Waals surface area (Å²) in [5.74, 6) is 0.754. The van der Waals surface area contributed by atoms with Crippen LogP contribution in [0.4, 0.5) is 0 Å². The van der Waals surface area contributed by atoms with Gasteiger partial charge in [-0.25, -0.2) is 0 Å². The summed E-state index contributed by atoms with van der Waals surface area (Å²) in [5, 5.41) is 7.36. The second kappa shape index (κ2) is 4.74. The van der Waals surface area contributed by atoms with E-state index in [-0.39, 0.29) is 0 Å². The van der Waals surface area contributed by atoms with Crippen LogP contribution in [0.2, 0.25) is 0 Å². The van der Waals surface area contributed by atoms with Gasteiger partial charge in [0.2, 0.25) is 5.89 Å². The fraction of sp³-hybridized carbons (Fsp3) is 0.833. The third-order valence-electron chi connectivity index (χ3n) is 4.06. The lowest BCUT2D eigenvalue weighted by Crippen LogP contribution is -2.59. The van der Waals surface area contributed by atoms with Crippen molar-refractivity contribution in [2.45, 2.75) is 37.6 Å². The quantitative estimate of drug-likeness (QED) is 0.842. The largest absolute Gasteiger partial charge is 0.340 e. The van der Waals surface area contributed by atoms with Crippen molar-refractivity contribution in [2.24, 2.45) is 0 Å². The number of hydrogen-bond acceptors (Lipinski definition) is 5. The number of rotatable bonds is 3. The molecule has 0 radical (unpaired) electrons. The molecule has 0 atom stereocenters. The van der Waals surface area contributed by atoms with E-state index in [1.54, 1.807) is 0 Å². The predicted molar refractivity (Wildman–Crippen MR) is 63.6 cm³/mol. The molecule has 1 saturated carbocycles. The molecule has 1 aliphatic heterocycles. The molecule has 0 bridgehead atoms. The van der Waals surface area contributed by atoms with Gasteiger partial charge in [-0.2, -0.15) is 4.98 Å². The number of nitrogens with one attached hydrogen (secondary N) is 1. The van der Waals surface area contributed by atoms with Crippen molar-refractivity contribution in [3.8, 4) is 0 Å². The van der Waals surface area contributed by atoms with Crippen LogP contribution >= 0.6 is 0 Å². The maximum absolute atomic E-state index is 5.04. The average molecular weight is 236 g/mol. The van der Waals surface area contributed by atoms with Crippen LogP contribution in [0.1, 0.15) is 31.6 Å². The van der Waals surface area contributed by atoms with Crippen LogP contribution in [0.15, 0.2) is 10.9 Å². The van der Waals surface area contributed by atoms with E-state index in [1.165, 1.54) is 38.6 Å². The molecule has 3 rings (SSSR count). The summed E-state index contributed by atoms with van der Waals surface area (Å²) in [7, 11) is 0. The zero-order chi connectivity index (χ0) is 11.6. The van der Waals surface area contributed by atoms with Crippen molar-refractivity contribution in [1.29, 1.82) is 0 Å². The van der Waals surface area contributed by atoms with E-state index in [0.29, 0.717) is 5.54 Å². The molecule has 5 heteroatoms. The third kappa shape index (κ3) is 2.50. The van der Waals surface area contributed by atoms with Gasteiger partial charge in [-0.05, 0) is 12.8 Å². The van der Waals surface area contributed by atoms with Gasteiger partial charge in [-0.3, -0.25) is 4.90 Å². The molecule has 0 aromatic carbocycles. The molecule has 0 unspecified atom stereocenters. The van der Waals surface area contributed by atoms with E-state index in [0.717, 1.165) is 31.9 Å². The first-order chi connectivity index (χ1) is 8.36. The molecule has 1 aliphatic carbocycles. The van der Waals surface area contributed by atoms with Gasteiger partial charge in [0.1, 0.15) is 0 Å². The first-order valence-corrected chi connectivity index (χ1v) is 6.59. The Labute approximate surface area is 102 Å². The SMILES string of the molecule is c1noc(CCN2CCNC3(CCCC3)C2)n1. The van der Waals surface area contributed by atoms with E-state index in [4.69, 9.17) is 4.52 Å². The second-order valence-electron chi connectivity index (χ2n) is 5.28. The summed E-state index contributed by atoms with van der Waals surface area (Å²) in [6.45, 7) is 4.46. The molecule has 0 amide bonds. The van der Waals surface area contributed by atoms with Crippen molar-refractivity contribution in [3.05, 3.63) is 12.2 Å². The van der Waals surface area contributed by atoms with Gasteiger partial charge in [-0.1, -0.05) is 18.0 Å². The maximum Gasteiger partial charge on any atom is 0.227 e. The number of hydrogen-bond donors (Lipinski definition) is 1. The second-order valence-corrected chi connectivity index (χ2v) is 5.28. The molecule has 1 aromatic heterocycles. The zero-order valence-electron chi connectivity index (χ0n) is 10.2. The van der Waals surface area contributed by atoms with Crippen LogP contribution in [0.3, 0.4) is 0 Å². The highest BCUT2D eigenvalue weighted by atomic mass is 16.5. The van der Waals surface area contributed by atoms with Crippen LogP contribution < -0.4 is 5.32 Å². The van der Waals surface area contributed by atoms with Crippen LogP contribution in [0.25, 0.3) is 0 Å². The van der Waals surface area contributed by atoms with E-state index in [2.05, 4.69) is 20.4 Å². The smallest absolute Gasteiger partial charge is 0.227 e. The predicted octanol–water partition coefficient (Wildman–Crippen LogP) is 0.830. The number of nitrogens with zero attached hydrogens (tertiary/aromatic N) is 3. The summed E-state index contributed by atoms with van der Waals surface area (Å²) >= 11 is 0. The van der Waals surface area contributed by atoms with Gasteiger partial charge >= 0.3 is 0 Å². The van der Waals surface area contributed by atoms with Gasteiger partial charge < -0.3 is 9.84 Å². The molecule has 94 valence electrons. The Morgan fingerprint density at radius 2 is 2.29 bits per heavy atom. The van der Waals surface area contributed by atoms with E-state index in [9.17, 15) is 0 Å². The minimum absolute atomic E-state index is 0.410. The zero-order valence-corrected chi connectivity index (χ0v) is 10.2. The molecule has 5 nitrogen and oxygen atoms in total. The fourth-order valence-electron chi connectivity index (χ4n) is 3.18. The summed E-state index contributed by atoms with van der Waals surface area (Å²) in [6, 6.07) is 0. The summed E-state index contributed by atoms with van der Waals surface area (Å²) in [6.07, 6.45) is 7.78. The van der Waals surface area contributed by atoms with Gasteiger partial charge in [-0.15, -0.1) is 0 Å². The van der Waals surface area contributed by atoms with Gasteiger partial charge in [0.15, 0.2) is 6.33 Å². The Kier molecular flexibility index (Phi) is 3.11. The molecule has 17 heavy (non-hydrogen) atoms. The van der Waals surface area contributed by atoms with Crippen molar-refractivity contribution in [2.75, 3.05) is 26.2 Å². The lowest BCUT2D eigenvalue weighted by atomic mass is 9.94. The van der Waals surface area contributed by atoms with E-state index < -0.39 is 0 Å². The molecular formula is C12H20N4O. The summed E-state index contributed by atoms with van der Waals surface area (Å²) in [5.41, 5.74) is 0.410. The van der Waals surface area contributed by atoms with E-state index in [1.807, 2.05) is 0 Å². The first-order valence-electron chi connectivity index (χ1n) is 6.59. The van der Waals surface area contributed by atoms with Gasteiger partial charge in [0.25, 0.3) is 0 Å². The molecule has 1 N–H and O–H groups in total. The van der Waals surface area contributed by atoms with Gasteiger partial charge in [0.05, 0.1) is 0 Å². The molecular weight excluding hydrogens is 216 g/mol. The fourth-order valence-corrected chi connectivity index (χ4v) is 3.18. The molecule has 1 aromatic rings. The van der Waals surface area contributed by atoms with Crippen molar-refractivity contribution in [1.82, 2.24) is 20.4 Å². The Morgan fingerprint density at radius 1 is 1.41 bits per heavy atom. The first kappa shape index (κ1) is 11.2. The Hall–Kier alpha value is -0.940. The molecule has 2 heterocycles. The third-order valence-corrected chi connectivity index (χ3v) is 4.06. The highest BCUT2D eigenvalue weighted by Crippen LogP contribution is 2.31. The Bertz CT molecular complexity index is 345. The van der Waals surface area contributed by atoms with Crippen molar-refractivity contribution >= 4 is 0 Å². The number of piperazine rings is 1.